The van der Waals surface area contributed by atoms with Crippen LogP contribution in [0.4, 0.5) is 18.9 Å². The maximum atomic E-state index is 12.0. The van der Waals surface area contributed by atoms with E-state index in [9.17, 15) is 13.2 Å². The highest BCUT2D eigenvalue weighted by Gasteiger charge is 2.32. The number of hydrogen-bond acceptors (Lipinski definition) is 2. The zero-order valence-electron chi connectivity index (χ0n) is 10.2. The predicted octanol–water partition coefficient (Wildman–Crippen LogP) is 4.32. The molecular formula is C13H15F3N2. The molecule has 2 N–H and O–H groups in total. The third-order valence-corrected chi connectivity index (χ3v) is 2.38. The fraction of sp³-hybridized carbons (Fsp3) is 0.308. The largest absolute Gasteiger partial charge is 0.432 e. The van der Waals surface area contributed by atoms with Crippen LogP contribution in [0.15, 0.2) is 36.5 Å². The number of anilines is 1. The summed E-state index contributed by atoms with van der Waals surface area (Å²) >= 11 is 0. The van der Waals surface area contributed by atoms with Crippen LogP contribution < -0.4 is 5.32 Å². The van der Waals surface area contributed by atoms with E-state index >= 15 is 0 Å². The SMILES string of the molecule is CC(C)c1ccc(N/C=C\C(=N)C(F)(F)F)cc1. The zero-order valence-corrected chi connectivity index (χ0v) is 10.2. The lowest BCUT2D eigenvalue weighted by Crippen LogP contribution is -2.19. The monoisotopic (exact) mass is 256 g/mol. The van der Waals surface area contributed by atoms with Crippen molar-refractivity contribution in [3.8, 4) is 0 Å². The second kappa shape index (κ2) is 5.71. The van der Waals surface area contributed by atoms with Crippen molar-refractivity contribution in [2.45, 2.75) is 25.9 Å². The van der Waals surface area contributed by atoms with Crippen LogP contribution in [-0.2, 0) is 0 Å². The molecule has 0 aliphatic rings. The molecule has 18 heavy (non-hydrogen) atoms. The Morgan fingerprint density at radius 1 is 1.22 bits per heavy atom. The molecule has 0 aliphatic carbocycles. The molecule has 0 aliphatic heterocycles. The van der Waals surface area contributed by atoms with Gasteiger partial charge in [-0.1, -0.05) is 26.0 Å². The van der Waals surface area contributed by atoms with Gasteiger partial charge in [0.2, 0.25) is 0 Å². The summed E-state index contributed by atoms with van der Waals surface area (Å²) in [6.45, 7) is 4.12. The number of hydrogen-bond donors (Lipinski definition) is 2. The van der Waals surface area contributed by atoms with Crippen LogP contribution in [0.25, 0.3) is 0 Å². The average molecular weight is 256 g/mol. The molecule has 98 valence electrons. The van der Waals surface area contributed by atoms with Crippen molar-refractivity contribution in [1.82, 2.24) is 0 Å². The van der Waals surface area contributed by atoms with Gasteiger partial charge in [0.1, 0.15) is 5.71 Å². The first-order valence-electron chi connectivity index (χ1n) is 5.49. The van der Waals surface area contributed by atoms with Gasteiger partial charge in [-0.3, -0.25) is 5.41 Å². The molecule has 0 radical (unpaired) electrons. The van der Waals surface area contributed by atoms with Crippen LogP contribution in [-0.4, -0.2) is 11.9 Å². The van der Waals surface area contributed by atoms with E-state index in [1.807, 2.05) is 12.1 Å². The second-order valence-electron chi connectivity index (χ2n) is 4.17. The summed E-state index contributed by atoms with van der Waals surface area (Å²) in [7, 11) is 0. The summed E-state index contributed by atoms with van der Waals surface area (Å²) in [5, 5.41) is 9.44. The summed E-state index contributed by atoms with van der Waals surface area (Å²) in [5.74, 6) is 0.410. The standard InChI is InChI=1S/C13H15F3N2/c1-9(2)10-3-5-11(6-4-10)18-8-7-12(17)13(14,15)16/h3-9,17-18H,1-2H3/b8-7-,17-12?. The van der Waals surface area contributed by atoms with Crippen molar-refractivity contribution in [2.75, 3.05) is 5.32 Å². The van der Waals surface area contributed by atoms with Gasteiger partial charge in [-0.25, -0.2) is 0 Å². The van der Waals surface area contributed by atoms with E-state index in [0.717, 1.165) is 11.8 Å². The first kappa shape index (κ1) is 14.3. The molecule has 0 aromatic heterocycles. The molecule has 0 heterocycles. The number of benzene rings is 1. The molecule has 0 fully saturated rings. The lowest BCUT2D eigenvalue weighted by Gasteiger charge is -2.07. The van der Waals surface area contributed by atoms with Gasteiger partial charge < -0.3 is 5.32 Å². The van der Waals surface area contributed by atoms with Gasteiger partial charge >= 0.3 is 6.18 Å². The van der Waals surface area contributed by atoms with E-state index in [4.69, 9.17) is 5.41 Å². The Morgan fingerprint density at radius 3 is 2.22 bits per heavy atom. The summed E-state index contributed by atoms with van der Waals surface area (Å²) in [5.41, 5.74) is 0.465. The van der Waals surface area contributed by atoms with Crippen LogP contribution in [0, 0.1) is 5.41 Å². The Labute approximate surface area is 104 Å². The van der Waals surface area contributed by atoms with E-state index in [1.165, 1.54) is 0 Å². The van der Waals surface area contributed by atoms with E-state index in [0.29, 0.717) is 17.7 Å². The van der Waals surface area contributed by atoms with Crippen LogP contribution in [0.2, 0.25) is 0 Å². The minimum Gasteiger partial charge on any atom is -0.362 e. The maximum absolute atomic E-state index is 12.0. The summed E-state index contributed by atoms with van der Waals surface area (Å²) in [6.07, 6.45) is -2.80. The van der Waals surface area contributed by atoms with Crippen LogP contribution in [0.3, 0.4) is 0 Å². The second-order valence-corrected chi connectivity index (χ2v) is 4.17. The molecule has 0 atom stereocenters. The molecule has 0 unspecified atom stereocenters. The normalized spacial score (nSPS) is 12.1. The lowest BCUT2D eigenvalue weighted by molar-refractivity contribution is -0.0584. The number of rotatable bonds is 4. The fourth-order valence-corrected chi connectivity index (χ4v) is 1.28. The van der Waals surface area contributed by atoms with Crippen molar-refractivity contribution in [3.05, 3.63) is 42.1 Å². The van der Waals surface area contributed by atoms with Crippen molar-refractivity contribution < 1.29 is 13.2 Å². The third kappa shape index (κ3) is 4.24. The molecule has 1 aromatic carbocycles. The highest BCUT2D eigenvalue weighted by atomic mass is 19.4. The molecular weight excluding hydrogens is 241 g/mol. The molecule has 1 rings (SSSR count). The topological polar surface area (TPSA) is 35.9 Å². The smallest absolute Gasteiger partial charge is 0.362 e. The van der Waals surface area contributed by atoms with E-state index in [-0.39, 0.29) is 0 Å². The zero-order chi connectivity index (χ0) is 13.8. The van der Waals surface area contributed by atoms with Gasteiger partial charge in [-0.2, -0.15) is 13.2 Å². The average Bonchev–Trinajstić information content (AvgIpc) is 2.28. The molecule has 0 saturated heterocycles. The van der Waals surface area contributed by atoms with Gasteiger partial charge in [-0.05, 0) is 29.7 Å². The van der Waals surface area contributed by atoms with E-state index < -0.39 is 11.9 Å². The van der Waals surface area contributed by atoms with Crippen molar-refractivity contribution in [3.63, 3.8) is 0 Å². The highest BCUT2D eigenvalue weighted by Crippen LogP contribution is 2.18. The first-order valence-corrected chi connectivity index (χ1v) is 5.49. The van der Waals surface area contributed by atoms with Gasteiger partial charge in [0, 0.05) is 11.9 Å². The molecule has 2 nitrogen and oxygen atoms in total. The lowest BCUT2D eigenvalue weighted by atomic mass is 10.0. The van der Waals surface area contributed by atoms with Gasteiger partial charge in [0.25, 0.3) is 0 Å². The molecule has 0 spiro atoms. The molecule has 5 heteroatoms. The third-order valence-electron chi connectivity index (χ3n) is 2.38. The predicted molar refractivity (Wildman–Crippen MR) is 67.1 cm³/mol. The van der Waals surface area contributed by atoms with Crippen molar-refractivity contribution >= 4 is 11.4 Å². The molecule has 0 amide bonds. The number of halogens is 3. The van der Waals surface area contributed by atoms with Crippen LogP contribution >= 0.6 is 0 Å². The fourth-order valence-electron chi connectivity index (χ4n) is 1.28. The van der Waals surface area contributed by atoms with Gasteiger partial charge in [-0.15, -0.1) is 0 Å². The molecule has 1 aromatic rings. The first-order chi connectivity index (χ1) is 8.30. The number of alkyl halides is 3. The minimum absolute atomic E-state index is 0.410. The van der Waals surface area contributed by atoms with Crippen molar-refractivity contribution in [1.29, 1.82) is 5.41 Å². The Bertz CT molecular complexity index is 431. The Kier molecular flexibility index (Phi) is 4.53. The minimum atomic E-state index is -4.60. The van der Waals surface area contributed by atoms with Gasteiger partial charge in [0.05, 0.1) is 0 Å². The molecule has 0 bridgehead atoms. The highest BCUT2D eigenvalue weighted by molar-refractivity contribution is 5.97. The van der Waals surface area contributed by atoms with Crippen molar-refractivity contribution in [2.24, 2.45) is 0 Å². The summed E-state index contributed by atoms with van der Waals surface area (Å²) in [4.78, 5) is 0. The number of nitrogens with one attached hydrogen (secondary N) is 2. The van der Waals surface area contributed by atoms with Crippen LogP contribution in [0.1, 0.15) is 25.3 Å². The van der Waals surface area contributed by atoms with Gasteiger partial charge in [0.15, 0.2) is 0 Å². The maximum Gasteiger partial charge on any atom is 0.432 e. The van der Waals surface area contributed by atoms with E-state index in [1.54, 1.807) is 12.1 Å². The Morgan fingerprint density at radius 2 is 1.78 bits per heavy atom. The summed E-state index contributed by atoms with van der Waals surface area (Å²) in [6, 6.07) is 7.40. The van der Waals surface area contributed by atoms with Crippen LogP contribution in [0.5, 0.6) is 0 Å². The number of allylic oxidation sites excluding steroid dienone is 1. The molecule has 0 saturated carbocycles. The summed E-state index contributed by atoms with van der Waals surface area (Å²) < 4.78 is 36.0. The van der Waals surface area contributed by atoms with E-state index in [2.05, 4.69) is 19.2 Å². The quantitative estimate of drug-likeness (QED) is 0.773. The Balaban J connectivity index is 2.59. The Hall–Kier alpha value is -1.78.